The fourth-order valence-corrected chi connectivity index (χ4v) is 2.94. The number of hydrogen-bond acceptors (Lipinski definition) is 4. The summed E-state index contributed by atoms with van der Waals surface area (Å²) >= 11 is 7.24. The Hall–Kier alpha value is -2.50. The van der Waals surface area contributed by atoms with Crippen LogP contribution in [0.5, 0.6) is 0 Å². The van der Waals surface area contributed by atoms with Gasteiger partial charge in [-0.3, -0.25) is 9.69 Å². The van der Waals surface area contributed by atoms with E-state index in [1.165, 1.54) is 22.3 Å². The van der Waals surface area contributed by atoms with Crippen LogP contribution in [0.25, 0.3) is 16.6 Å². The minimum absolute atomic E-state index is 0.155. The maximum Gasteiger partial charge on any atom is 0.252 e. The molecule has 1 aromatic heterocycles. The molecule has 0 spiro atoms. The molecule has 3 rings (SSSR count). The quantitative estimate of drug-likeness (QED) is 0.646. The molecule has 1 amide bonds. The van der Waals surface area contributed by atoms with Crippen LogP contribution in [0.3, 0.4) is 0 Å². The predicted octanol–water partition coefficient (Wildman–Crippen LogP) is 4.53. The molecule has 3 aromatic rings. The van der Waals surface area contributed by atoms with Gasteiger partial charge in [0, 0.05) is 23.7 Å². The Labute approximate surface area is 149 Å². The van der Waals surface area contributed by atoms with Gasteiger partial charge in [-0.25, -0.2) is 0 Å². The summed E-state index contributed by atoms with van der Waals surface area (Å²) in [6.07, 6.45) is 3.30. The van der Waals surface area contributed by atoms with Crippen LogP contribution >= 0.6 is 22.9 Å². The topological polar surface area (TPSA) is 46.1 Å². The van der Waals surface area contributed by atoms with Gasteiger partial charge in [-0.1, -0.05) is 65.4 Å². The first-order valence-corrected chi connectivity index (χ1v) is 8.43. The Balaban J connectivity index is 1.73. The van der Waals surface area contributed by atoms with Gasteiger partial charge in [-0.15, -0.1) is 10.2 Å². The smallest absolute Gasteiger partial charge is 0.252 e. The lowest BCUT2D eigenvalue weighted by atomic mass is 10.2. The van der Waals surface area contributed by atoms with Crippen molar-refractivity contribution in [3.05, 3.63) is 71.3 Å². The van der Waals surface area contributed by atoms with E-state index in [9.17, 15) is 4.79 Å². The SMILES string of the molecule is CN(C(=O)/C=C/c1ccccc1)c1nnc(-c2ccc(Cl)cc2)s1. The molecular weight excluding hydrogens is 342 g/mol. The molecule has 6 heteroatoms. The van der Waals surface area contributed by atoms with Crippen molar-refractivity contribution < 1.29 is 4.79 Å². The van der Waals surface area contributed by atoms with Crippen molar-refractivity contribution in [2.24, 2.45) is 0 Å². The van der Waals surface area contributed by atoms with Crippen LogP contribution in [0, 0.1) is 0 Å². The molecule has 0 saturated carbocycles. The minimum atomic E-state index is -0.155. The van der Waals surface area contributed by atoms with Gasteiger partial charge < -0.3 is 0 Å². The van der Waals surface area contributed by atoms with Gasteiger partial charge in [-0.2, -0.15) is 0 Å². The fraction of sp³-hybridized carbons (Fsp3) is 0.0556. The molecule has 0 saturated heterocycles. The second-order valence-corrected chi connectivity index (χ2v) is 6.43. The molecule has 0 N–H and O–H groups in total. The van der Waals surface area contributed by atoms with Gasteiger partial charge in [0.2, 0.25) is 5.13 Å². The molecule has 24 heavy (non-hydrogen) atoms. The van der Waals surface area contributed by atoms with Gasteiger partial charge >= 0.3 is 0 Å². The molecule has 4 nitrogen and oxygen atoms in total. The normalized spacial score (nSPS) is 10.9. The Morgan fingerprint density at radius 1 is 1.08 bits per heavy atom. The highest BCUT2D eigenvalue weighted by Crippen LogP contribution is 2.29. The van der Waals surface area contributed by atoms with Crippen molar-refractivity contribution in [3.63, 3.8) is 0 Å². The molecule has 0 atom stereocenters. The summed E-state index contributed by atoms with van der Waals surface area (Å²) in [7, 11) is 1.68. The molecule has 0 aliphatic rings. The van der Waals surface area contributed by atoms with E-state index in [2.05, 4.69) is 10.2 Å². The van der Waals surface area contributed by atoms with Gasteiger partial charge in [0.15, 0.2) is 0 Å². The number of anilines is 1. The largest absolute Gasteiger partial charge is 0.286 e. The van der Waals surface area contributed by atoms with E-state index in [1.54, 1.807) is 25.3 Å². The molecule has 0 bridgehead atoms. The molecule has 0 unspecified atom stereocenters. The highest BCUT2D eigenvalue weighted by Gasteiger charge is 2.14. The molecule has 0 aliphatic carbocycles. The van der Waals surface area contributed by atoms with E-state index in [0.717, 1.165) is 16.1 Å². The molecule has 120 valence electrons. The lowest BCUT2D eigenvalue weighted by Gasteiger charge is -2.09. The fourth-order valence-electron chi connectivity index (χ4n) is 2.00. The van der Waals surface area contributed by atoms with Crippen LogP contribution in [0.15, 0.2) is 60.7 Å². The lowest BCUT2D eigenvalue weighted by molar-refractivity contribution is -0.113. The number of carbonyl (C=O) groups is 1. The minimum Gasteiger partial charge on any atom is -0.286 e. The first kappa shape index (κ1) is 16.4. The summed E-state index contributed by atoms with van der Waals surface area (Å²) in [4.78, 5) is 13.8. The summed E-state index contributed by atoms with van der Waals surface area (Å²) in [5, 5.41) is 10.2. The zero-order valence-electron chi connectivity index (χ0n) is 12.9. The van der Waals surface area contributed by atoms with Gasteiger partial charge in [0.25, 0.3) is 5.91 Å². The van der Waals surface area contributed by atoms with Crippen molar-refractivity contribution in [2.75, 3.05) is 11.9 Å². The maximum absolute atomic E-state index is 12.3. The van der Waals surface area contributed by atoms with Crippen LogP contribution in [0.1, 0.15) is 5.56 Å². The van der Waals surface area contributed by atoms with Crippen LogP contribution in [-0.2, 0) is 4.79 Å². The number of amides is 1. The number of halogens is 1. The second kappa shape index (κ2) is 7.38. The van der Waals surface area contributed by atoms with Crippen molar-refractivity contribution >= 4 is 40.1 Å². The van der Waals surface area contributed by atoms with Crippen LogP contribution < -0.4 is 4.90 Å². The van der Waals surface area contributed by atoms with Crippen molar-refractivity contribution in [2.45, 2.75) is 0 Å². The summed E-state index contributed by atoms with van der Waals surface area (Å²) in [6, 6.07) is 17.0. The average Bonchev–Trinajstić information content (AvgIpc) is 3.10. The summed E-state index contributed by atoms with van der Waals surface area (Å²) < 4.78 is 0. The molecule has 0 aliphatic heterocycles. The summed E-state index contributed by atoms with van der Waals surface area (Å²) in [5.74, 6) is -0.155. The van der Waals surface area contributed by atoms with Crippen LogP contribution in [0.4, 0.5) is 5.13 Å². The molecule has 1 heterocycles. The van der Waals surface area contributed by atoms with Crippen molar-refractivity contribution in [1.29, 1.82) is 0 Å². The zero-order valence-corrected chi connectivity index (χ0v) is 14.5. The number of likely N-dealkylation sites (N-methyl/N-ethyl adjacent to an activating group) is 1. The third kappa shape index (κ3) is 3.88. The molecule has 0 fully saturated rings. The average molecular weight is 356 g/mol. The lowest BCUT2D eigenvalue weighted by Crippen LogP contribution is -2.23. The van der Waals surface area contributed by atoms with Crippen LogP contribution in [0.2, 0.25) is 5.02 Å². The Kier molecular flexibility index (Phi) is 5.03. The van der Waals surface area contributed by atoms with Gasteiger partial charge in [0.1, 0.15) is 5.01 Å². The Bertz CT molecular complexity index is 859. The van der Waals surface area contributed by atoms with E-state index in [-0.39, 0.29) is 5.91 Å². The number of rotatable bonds is 4. The number of nitrogens with zero attached hydrogens (tertiary/aromatic N) is 3. The van der Waals surface area contributed by atoms with Crippen molar-refractivity contribution in [3.8, 4) is 10.6 Å². The van der Waals surface area contributed by atoms with E-state index < -0.39 is 0 Å². The Morgan fingerprint density at radius 2 is 1.79 bits per heavy atom. The predicted molar refractivity (Wildman–Crippen MR) is 99.2 cm³/mol. The molecule has 0 radical (unpaired) electrons. The third-order valence-corrected chi connectivity index (χ3v) is 4.64. The van der Waals surface area contributed by atoms with E-state index in [4.69, 9.17) is 11.6 Å². The Morgan fingerprint density at radius 3 is 2.50 bits per heavy atom. The highest BCUT2D eigenvalue weighted by atomic mass is 35.5. The number of benzene rings is 2. The molecular formula is C18H14ClN3OS. The monoisotopic (exact) mass is 355 g/mol. The second-order valence-electron chi connectivity index (χ2n) is 5.04. The standard InChI is InChI=1S/C18H14ClN3OS/c1-22(16(23)12-7-13-5-3-2-4-6-13)18-21-20-17(24-18)14-8-10-15(19)11-9-14/h2-12H,1H3/b12-7+. The maximum atomic E-state index is 12.3. The summed E-state index contributed by atoms with van der Waals surface area (Å²) in [6.45, 7) is 0. The van der Waals surface area contributed by atoms with E-state index >= 15 is 0 Å². The van der Waals surface area contributed by atoms with E-state index in [1.807, 2.05) is 42.5 Å². The van der Waals surface area contributed by atoms with Gasteiger partial charge in [-0.05, 0) is 23.8 Å². The summed E-state index contributed by atoms with van der Waals surface area (Å²) in [5.41, 5.74) is 1.89. The number of aromatic nitrogens is 2. The third-order valence-electron chi connectivity index (χ3n) is 3.34. The number of hydrogen-bond donors (Lipinski definition) is 0. The molecule has 2 aromatic carbocycles. The van der Waals surface area contributed by atoms with Crippen molar-refractivity contribution in [1.82, 2.24) is 10.2 Å². The first-order valence-electron chi connectivity index (χ1n) is 7.24. The van der Waals surface area contributed by atoms with Gasteiger partial charge in [0.05, 0.1) is 0 Å². The number of carbonyl (C=O) groups excluding carboxylic acids is 1. The first-order chi connectivity index (χ1) is 11.6. The van der Waals surface area contributed by atoms with E-state index in [0.29, 0.717) is 10.2 Å². The highest BCUT2D eigenvalue weighted by molar-refractivity contribution is 7.18. The van der Waals surface area contributed by atoms with Crippen LogP contribution in [-0.4, -0.2) is 23.2 Å². The zero-order chi connectivity index (χ0) is 16.9.